The molecule has 0 aromatic carbocycles. The first-order chi connectivity index (χ1) is 9.34. The third-order valence-electron chi connectivity index (χ3n) is 3.72. The first-order valence-corrected chi connectivity index (χ1v) is 9.34. The van der Waals surface area contributed by atoms with E-state index in [9.17, 15) is 0 Å². The van der Waals surface area contributed by atoms with Crippen LogP contribution in [0.15, 0.2) is 0 Å². The van der Waals surface area contributed by atoms with Crippen LogP contribution >= 0.6 is 0 Å². The number of hydrogen-bond acceptors (Lipinski definition) is 0. The molecular formula is C19H44. The summed E-state index contributed by atoms with van der Waals surface area (Å²) in [6.45, 7) is 16.8. The summed E-state index contributed by atoms with van der Waals surface area (Å²) in [7, 11) is 0. The van der Waals surface area contributed by atoms with Gasteiger partial charge in [-0.05, 0) is 11.8 Å². The molecule has 0 heteroatoms. The Morgan fingerprint density at radius 1 is 0.789 bits per heavy atom. The lowest BCUT2D eigenvalue weighted by Gasteiger charge is -2.27. The van der Waals surface area contributed by atoms with E-state index in [1.54, 1.807) is 0 Å². The first-order valence-electron chi connectivity index (χ1n) is 9.34. The van der Waals surface area contributed by atoms with Crippen LogP contribution in [0.4, 0.5) is 0 Å². The molecular weight excluding hydrogens is 228 g/mol. The largest absolute Gasteiger partial charge is 0.0683 e. The van der Waals surface area contributed by atoms with Crippen LogP contribution in [0.2, 0.25) is 0 Å². The quantitative estimate of drug-likeness (QED) is 0.447. The molecule has 0 heterocycles. The zero-order valence-electron chi connectivity index (χ0n) is 15.5. The molecule has 1 rings (SSSR count). The van der Waals surface area contributed by atoms with Crippen LogP contribution in [0.5, 0.6) is 0 Å². The standard InChI is InChI=1S/C13H26.3C2H6/c1-3-4-6-9-12(2)13-10-7-5-8-11-13;3*1-2/h12-13H,3-11H2,1-2H3;3*1-2H3. The molecule has 0 aromatic heterocycles. The first kappa shape index (κ1) is 24.0. The normalized spacial score (nSPS) is 15.8. The Hall–Kier alpha value is 0. The minimum atomic E-state index is 1.01. The summed E-state index contributed by atoms with van der Waals surface area (Å²) in [6, 6.07) is 0. The van der Waals surface area contributed by atoms with E-state index in [1.807, 2.05) is 41.5 Å². The molecule has 1 aliphatic carbocycles. The summed E-state index contributed by atoms with van der Waals surface area (Å²) in [5, 5.41) is 0. The van der Waals surface area contributed by atoms with Crippen molar-refractivity contribution in [2.45, 2.75) is 113 Å². The maximum atomic E-state index is 2.48. The molecule has 1 fully saturated rings. The maximum Gasteiger partial charge on any atom is -0.0388 e. The molecule has 0 nitrogen and oxygen atoms in total. The third-order valence-corrected chi connectivity index (χ3v) is 3.72. The Morgan fingerprint density at radius 2 is 1.26 bits per heavy atom. The van der Waals surface area contributed by atoms with Gasteiger partial charge in [-0.25, -0.2) is 0 Å². The highest BCUT2D eigenvalue weighted by Crippen LogP contribution is 2.32. The van der Waals surface area contributed by atoms with Crippen LogP contribution in [0.25, 0.3) is 0 Å². The van der Waals surface area contributed by atoms with Crippen molar-refractivity contribution in [1.82, 2.24) is 0 Å². The van der Waals surface area contributed by atoms with E-state index >= 15 is 0 Å². The van der Waals surface area contributed by atoms with E-state index in [4.69, 9.17) is 0 Å². The van der Waals surface area contributed by atoms with Crippen molar-refractivity contribution in [3.63, 3.8) is 0 Å². The molecule has 0 N–H and O–H groups in total. The average molecular weight is 273 g/mol. The molecule has 0 aliphatic heterocycles. The number of unbranched alkanes of at least 4 members (excludes halogenated alkanes) is 2. The van der Waals surface area contributed by atoms with Gasteiger partial charge in [-0.2, -0.15) is 0 Å². The predicted molar refractivity (Wildman–Crippen MR) is 93.9 cm³/mol. The van der Waals surface area contributed by atoms with Gasteiger partial charge in [0.2, 0.25) is 0 Å². The van der Waals surface area contributed by atoms with Crippen LogP contribution in [-0.4, -0.2) is 0 Å². The molecule has 0 bridgehead atoms. The Morgan fingerprint density at radius 3 is 1.68 bits per heavy atom. The van der Waals surface area contributed by atoms with Crippen LogP contribution in [0, 0.1) is 11.8 Å². The van der Waals surface area contributed by atoms with Crippen molar-refractivity contribution in [2.24, 2.45) is 11.8 Å². The minimum absolute atomic E-state index is 1.01. The Balaban J connectivity index is -0.000000375. The molecule has 0 aromatic rings. The lowest BCUT2D eigenvalue weighted by molar-refractivity contribution is 0.248. The van der Waals surface area contributed by atoms with Crippen LogP contribution in [0.3, 0.4) is 0 Å². The average Bonchev–Trinajstić information content (AvgIpc) is 2.54. The van der Waals surface area contributed by atoms with E-state index in [1.165, 1.54) is 57.8 Å². The van der Waals surface area contributed by atoms with Crippen molar-refractivity contribution >= 4 is 0 Å². The van der Waals surface area contributed by atoms with Gasteiger partial charge < -0.3 is 0 Å². The van der Waals surface area contributed by atoms with Crippen molar-refractivity contribution in [3.8, 4) is 0 Å². The van der Waals surface area contributed by atoms with E-state index < -0.39 is 0 Å². The van der Waals surface area contributed by atoms with Crippen molar-refractivity contribution < 1.29 is 0 Å². The zero-order chi connectivity index (χ0) is 15.5. The smallest absolute Gasteiger partial charge is 0.0388 e. The molecule has 1 unspecified atom stereocenters. The topological polar surface area (TPSA) is 0 Å². The van der Waals surface area contributed by atoms with Crippen molar-refractivity contribution in [3.05, 3.63) is 0 Å². The summed E-state index contributed by atoms with van der Waals surface area (Å²) >= 11 is 0. The molecule has 1 saturated carbocycles. The van der Waals surface area contributed by atoms with E-state index in [-0.39, 0.29) is 0 Å². The van der Waals surface area contributed by atoms with Gasteiger partial charge in [0.1, 0.15) is 0 Å². The van der Waals surface area contributed by atoms with Gasteiger partial charge in [0.15, 0.2) is 0 Å². The molecule has 0 spiro atoms. The Kier molecular flexibility index (Phi) is 29.3. The molecule has 0 saturated heterocycles. The summed E-state index contributed by atoms with van der Waals surface area (Å²) in [6.07, 6.45) is 13.3. The SMILES string of the molecule is CC.CC.CC.CCCCCC(C)C1CCCCC1. The molecule has 19 heavy (non-hydrogen) atoms. The maximum absolute atomic E-state index is 2.48. The lowest BCUT2D eigenvalue weighted by atomic mass is 9.79. The van der Waals surface area contributed by atoms with Gasteiger partial charge in [0.25, 0.3) is 0 Å². The Labute approximate surface area is 125 Å². The number of rotatable bonds is 5. The fourth-order valence-corrected chi connectivity index (χ4v) is 2.66. The molecule has 120 valence electrons. The monoisotopic (exact) mass is 272 g/mol. The number of hydrogen-bond donors (Lipinski definition) is 0. The predicted octanol–water partition coefficient (Wildman–Crippen LogP) is 7.86. The Bertz CT molecular complexity index is 111. The second-order valence-electron chi connectivity index (χ2n) is 4.87. The molecule has 1 atom stereocenters. The molecule has 1 aliphatic rings. The van der Waals surface area contributed by atoms with Crippen LogP contribution < -0.4 is 0 Å². The highest BCUT2D eigenvalue weighted by Gasteiger charge is 2.19. The van der Waals surface area contributed by atoms with Gasteiger partial charge >= 0.3 is 0 Å². The van der Waals surface area contributed by atoms with Gasteiger partial charge in [0.05, 0.1) is 0 Å². The highest BCUT2D eigenvalue weighted by atomic mass is 14.2. The third kappa shape index (κ3) is 15.9. The zero-order valence-corrected chi connectivity index (χ0v) is 15.5. The van der Waals surface area contributed by atoms with Gasteiger partial charge in [-0.15, -0.1) is 0 Å². The summed E-state index contributed by atoms with van der Waals surface area (Å²) in [5.41, 5.74) is 0. The van der Waals surface area contributed by atoms with Crippen LogP contribution in [0.1, 0.15) is 113 Å². The van der Waals surface area contributed by atoms with Gasteiger partial charge in [0, 0.05) is 0 Å². The fraction of sp³-hybridized carbons (Fsp3) is 1.00. The summed E-state index contributed by atoms with van der Waals surface area (Å²) < 4.78 is 0. The highest BCUT2D eigenvalue weighted by molar-refractivity contribution is 4.71. The minimum Gasteiger partial charge on any atom is -0.0683 e. The summed E-state index contributed by atoms with van der Waals surface area (Å²) in [4.78, 5) is 0. The van der Waals surface area contributed by atoms with E-state index in [2.05, 4.69) is 13.8 Å². The van der Waals surface area contributed by atoms with Crippen molar-refractivity contribution in [2.75, 3.05) is 0 Å². The van der Waals surface area contributed by atoms with Crippen LogP contribution in [-0.2, 0) is 0 Å². The van der Waals surface area contributed by atoms with Gasteiger partial charge in [-0.1, -0.05) is 113 Å². The molecule has 0 amide bonds. The lowest BCUT2D eigenvalue weighted by Crippen LogP contribution is -2.15. The second-order valence-corrected chi connectivity index (χ2v) is 4.87. The van der Waals surface area contributed by atoms with Crippen molar-refractivity contribution in [1.29, 1.82) is 0 Å². The molecule has 0 radical (unpaired) electrons. The fourth-order valence-electron chi connectivity index (χ4n) is 2.66. The second kappa shape index (κ2) is 23.1. The van der Waals surface area contributed by atoms with E-state index in [0.717, 1.165) is 11.8 Å². The van der Waals surface area contributed by atoms with Gasteiger partial charge in [-0.3, -0.25) is 0 Å². The summed E-state index contributed by atoms with van der Waals surface area (Å²) in [5.74, 6) is 2.08. The van der Waals surface area contributed by atoms with E-state index in [0.29, 0.717) is 0 Å².